The molecule has 0 saturated heterocycles. The summed E-state index contributed by atoms with van der Waals surface area (Å²) in [5.74, 6) is -0.579. The van der Waals surface area contributed by atoms with E-state index in [0.717, 1.165) is 10.9 Å². The van der Waals surface area contributed by atoms with Crippen molar-refractivity contribution >= 4 is 22.7 Å². The van der Waals surface area contributed by atoms with Crippen molar-refractivity contribution in [2.45, 2.75) is 19.9 Å². The number of nitrogens with zero attached hydrogens (tertiary/aromatic N) is 1. The lowest BCUT2D eigenvalue weighted by molar-refractivity contribution is 0.0697. The summed E-state index contributed by atoms with van der Waals surface area (Å²) in [6.45, 7) is 3.83. The molecule has 1 unspecified atom stereocenters. The second-order valence-electron chi connectivity index (χ2n) is 5.06. The molecule has 0 spiro atoms. The SMILES string of the molecule is CC(C)C(CO)Nc1nc2ccccc2cc1C(=O)O. The molecule has 0 radical (unpaired) electrons. The van der Waals surface area contributed by atoms with Gasteiger partial charge < -0.3 is 15.5 Å². The first-order chi connectivity index (χ1) is 9.52. The number of anilines is 1. The Balaban J connectivity index is 2.49. The van der Waals surface area contributed by atoms with Gasteiger partial charge in [-0.3, -0.25) is 0 Å². The third-order valence-electron chi connectivity index (χ3n) is 3.28. The largest absolute Gasteiger partial charge is 0.478 e. The highest BCUT2D eigenvalue weighted by Gasteiger charge is 2.18. The number of hydrogen-bond donors (Lipinski definition) is 3. The topological polar surface area (TPSA) is 82.5 Å². The Morgan fingerprint density at radius 1 is 1.35 bits per heavy atom. The lowest BCUT2D eigenvalue weighted by Crippen LogP contribution is -2.30. The molecule has 2 rings (SSSR count). The zero-order valence-corrected chi connectivity index (χ0v) is 11.5. The molecule has 106 valence electrons. The molecule has 0 aliphatic heterocycles. The average molecular weight is 274 g/mol. The van der Waals surface area contributed by atoms with Gasteiger partial charge in [0.15, 0.2) is 0 Å². The maximum absolute atomic E-state index is 11.4. The average Bonchev–Trinajstić information content (AvgIpc) is 2.43. The Kier molecular flexibility index (Phi) is 4.20. The van der Waals surface area contributed by atoms with Gasteiger partial charge in [-0.15, -0.1) is 0 Å². The molecular formula is C15H18N2O3. The Morgan fingerprint density at radius 2 is 2.05 bits per heavy atom. The van der Waals surface area contributed by atoms with E-state index in [1.807, 2.05) is 38.1 Å². The summed E-state index contributed by atoms with van der Waals surface area (Å²) in [7, 11) is 0. The predicted octanol–water partition coefficient (Wildman–Crippen LogP) is 2.36. The summed E-state index contributed by atoms with van der Waals surface area (Å²) in [6.07, 6.45) is 0. The van der Waals surface area contributed by atoms with E-state index in [1.54, 1.807) is 6.07 Å². The Labute approximate surface area is 117 Å². The van der Waals surface area contributed by atoms with Gasteiger partial charge in [-0.25, -0.2) is 9.78 Å². The fourth-order valence-corrected chi connectivity index (χ4v) is 1.99. The molecule has 0 aliphatic rings. The second kappa shape index (κ2) is 5.88. The molecule has 5 nitrogen and oxygen atoms in total. The summed E-state index contributed by atoms with van der Waals surface area (Å²) in [4.78, 5) is 15.7. The Hall–Kier alpha value is -2.14. The zero-order chi connectivity index (χ0) is 14.7. The van der Waals surface area contributed by atoms with Crippen LogP contribution in [0.5, 0.6) is 0 Å². The first-order valence-corrected chi connectivity index (χ1v) is 6.53. The van der Waals surface area contributed by atoms with Crippen LogP contribution < -0.4 is 5.32 Å². The second-order valence-corrected chi connectivity index (χ2v) is 5.06. The quantitative estimate of drug-likeness (QED) is 0.779. The fourth-order valence-electron chi connectivity index (χ4n) is 1.99. The van der Waals surface area contributed by atoms with E-state index in [1.165, 1.54) is 0 Å². The molecule has 2 aromatic rings. The molecule has 1 aromatic carbocycles. The fraction of sp³-hybridized carbons (Fsp3) is 0.333. The molecule has 1 aromatic heterocycles. The van der Waals surface area contributed by atoms with Crippen LogP contribution in [0.1, 0.15) is 24.2 Å². The number of aliphatic hydroxyl groups excluding tert-OH is 1. The summed E-state index contributed by atoms with van der Waals surface area (Å²) < 4.78 is 0. The van der Waals surface area contributed by atoms with Crippen LogP contribution in [0.4, 0.5) is 5.82 Å². The number of pyridine rings is 1. The highest BCUT2D eigenvalue weighted by molar-refractivity contribution is 5.98. The lowest BCUT2D eigenvalue weighted by Gasteiger charge is -2.21. The molecule has 0 saturated carbocycles. The van der Waals surface area contributed by atoms with Crippen molar-refractivity contribution in [1.82, 2.24) is 4.98 Å². The predicted molar refractivity (Wildman–Crippen MR) is 78.0 cm³/mol. The van der Waals surface area contributed by atoms with Crippen LogP contribution in [0.25, 0.3) is 10.9 Å². The van der Waals surface area contributed by atoms with E-state index < -0.39 is 5.97 Å². The molecule has 0 amide bonds. The number of aromatic carboxylic acids is 1. The van der Waals surface area contributed by atoms with Crippen molar-refractivity contribution < 1.29 is 15.0 Å². The molecule has 1 atom stereocenters. The maximum Gasteiger partial charge on any atom is 0.339 e. The van der Waals surface area contributed by atoms with E-state index >= 15 is 0 Å². The number of aliphatic hydroxyl groups is 1. The number of benzene rings is 1. The number of fused-ring (bicyclic) bond motifs is 1. The van der Waals surface area contributed by atoms with Crippen molar-refractivity contribution in [3.8, 4) is 0 Å². The van der Waals surface area contributed by atoms with Crippen molar-refractivity contribution in [2.24, 2.45) is 5.92 Å². The zero-order valence-electron chi connectivity index (χ0n) is 11.5. The Morgan fingerprint density at radius 3 is 2.65 bits per heavy atom. The van der Waals surface area contributed by atoms with E-state index in [9.17, 15) is 15.0 Å². The van der Waals surface area contributed by atoms with Crippen LogP contribution in [0.2, 0.25) is 0 Å². The number of aromatic nitrogens is 1. The van der Waals surface area contributed by atoms with Gasteiger partial charge in [0.1, 0.15) is 11.4 Å². The van der Waals surface area contributed by atoms with Gasteiger partial charge in [0.25, 0.3) is 0 Å². The van der Waals surface area contributed by atoms with Crippen LogP contribution in [0.15, 0.2) is 30.3 Å². The van der Waals surface area contributed by atoms with Crippen molar-refractivity contribution in [3.05, 3.63) is 35.9 Å². The smallest absolute Gasteiger partial charge is 0.339 e. The number of hydrogen-bond acceptors (Lipinski definition) is 4. The minimum absolute atomic E-state index is 0.0781. The minimum Gasteiger partial charge on any atom is -0.478 e. The molecular weight excluding hydrogens is 256 g/mol. The van der Waals surface area contributed by atoms with Crippen molar-refractivity contribution in [2.75, 3.05) is 11.9 Å². The van der Waals surface area contributed by atoms with Gasteiger partial charge in [0.2, 0.25) is 0 Å². The molecule has 5 heteroatoms. The van der Waals surface area contributed by atoms with Gasteiger partial charge >= 0.3 is 5.97 Å². The van der Waals surface area contributed by atoms with Gasteiger partial charge in [-0.1, -0.05) is 32.0 Å². The van der Waals surface area contributed by atoms with E-state index in [0.29, 0.717) is 5.82 Å². The number of para-hydroxylation sites is 1. The Bertz CT molecular complexity index is 626. The summed E-state index contributed by atoms with van der Waals surface area (Å²) in [5, 5.41) is 22.5. The van der Waals surface area contributed by atoms with E-state index in [-0.39, 0.29) is 24.1 Å². The van der Waals surface area contributed by atoms with Crippen LogP contribution in [-0.2, 0) is 0 Å². The third-order valence-corrected chi connectivity index (χ3v) is 3.28. The number of carbonyl (C=O) groups is 1. The summed E-state index contributed by atoms with van der Waals surface area (Å²) in [6, 6.07) is 8.71. The summed E-state index contributed by atoms with van der Waals surface area (Å²) in [5.41, 5.74) is 0.836. The normalized spacial score (nSPS) is 12.6. The van der Waals surface area contributed by atoms with E-state index in [4.69, 9.17) is 0 Å². The highest BCUT2D eigenvalue weighted by atomic mass is 16.4. The van der Waals surface area contributed by atoms with Crippen molar-refractivity contribution in [1.29, 1.82) is 0 Å². The molecule has 1 heterocycles. The van der Waals surface area contributed by atoms with Crippen molar-refractivity contribution in [3.63, 3.8) is 0 Å². The molecule has 0 bridgehead atoms. The molecule has 0 aliphatic carbocycles. The van der Waals surface area contributed by atoms with Gasteiger partial charge in [0.05, 0.1) is 18.2 Å². The molecule has 0 fully saturated rings. The number of nitrogens with one attached hydrogen (secondary N) is 1. The standard InChI is InChI=1S/C15H18N2O3/c1-9(2)13(8-18)17-14-11(15(19)20)7-10-5-3-4-6-12(10)16-14/h3-7,9,13,18H,8H2,1-2H3,(H,16,17)(H,19,20). The number of carboxylic acid groups (broad SMARTS) is 1. The monoisotopic (exact) mass is 274 g/mol. The van der Waals surface area contributed by atoms with Crippen LogP contribution in [-0.4, -0.2) is 33.8 Å². The maximum atomic E-state index is 11.4. The van der Waals surface area contributed by atoms with Gasteiger partial charge in [-0.05, 0) is 18.1 Å². The van der Waals surface area contributed by atoms with Crippen LogP contribution >= 0.6 is 0 Å². The van der Waals surface area contributed by atoms with Gasteiger partial charge in [-0.2, -0.15) is 0 Å². The van der Waals surface area contributed by atoms with Gasteiger partial charge in [0, 0.05) is 5.39 Å². The highest BCUT2D eigenvalue weighted by Crippen LogP contribution is 2.22. The van der Waals surface area contributed by atoms with Crippen LogP contribution in [0, 0.1) is 5.92 Å². The third kappa shape index (κ3) is 2.88. The molecule has 3 N–H and O–H groups in total. The molecule has 20 heavy (non-hydrogen) atoms. The summed E-state index contributed by atoms with van der Waals surface area (Å²) >= 11 is 0. The minimum atomic E-state index is -1.04. The van der Waals surface area contributed by atoms with E-state index in [2.05, 4.69) is 10.3 Å². The number of rotatable bonds is 5. The first kappa shape index (κ1) is 14.3. The van der Waals surface area contributed by atoms with Crippen LogP contribution in [0.3, 0.4) is 0 Å². The lowest BCUT2D eigenvalue weighted by atomic mass is 10.0. The number of carboxylic acids is 1. The first-order valence-electron chi connectivity index (χ1n) is 6.53.